The van der Waals surface area contributed by atoms with Gasteiger partial charge in [-0.3, -0.25) is 9.69 Å². The first-order valence-electron chi connectivity index (χ1n) is 11.7. The standard InChI is InChI=1S/C25H33F2N3O2/c1-25(21-18-20(26)10-11-22(21)27)12-4-7-19-6-2-3-8-23(19)30(28-25)24(31)9-5-13-29-14-16-32-17-15-29/h2-3,6,8,18,28H,4-5,7,9-17H2,1H3. The van der Waals surface area contributed by atoms with Gasteiger partial charge in [-0.1, -0.05) is 18.2 Å². The molecule has 1 unspecified atom stereocenters. The van der Waals surface area contributed by atoms with Crippen molar-refractivity contribution in [3.8, 4) is 0 Å². The van der Waals surface area contributed by atoms with E-state index in [2.05, 4.69) is 10.3 Å². The molecule has 0 aromatic heterocycles. The average Bonchev–Trinajstić information content (AvgIpc) is 2.79. The Labute approximate surface area is 189 Å². The van der Waals surface area contributed by atoms with Gasteiger partial charge in [-0.05, 0) is 56.9 Å². The van der Waals surface area contributed by atoms with Crippen molar-refractivity contribution in [1.82, 2.24) is 10.3 Å². The summed E-state index contributed by atoms with van der Waals surface area (Å²) in [4.78, 5) is 15.7. The summed E-state index contributed by atoms with van der Waals surface area (Å²) in [5.41, 5.74) is 4.69. The lowest BCUT2D eigenvalue weighted by atomic mass is 9.82. The fourth-order valence-electron chi connectivity index (χ4n) is 4.85. The van der Waals surface area contributed by atoms with E-state index in [0.717, 1.165) is 63.4 Å². The number of hydrogen-bond acceptors (Lipinski definition) is 4. The molecule has 1 aliphatic carbocycles. The van der Waals surface area contributed by atoms with Crippen LogP contribution in [0.15, 0.2) is 47.6 Å². The molecular formula is C25H33F2N3O2. The number of nitrogens with one attached hydrogen (secondary N) is 1. The van der Waals surface area contributed by atoms with Gasteiger partial charge in [0.2, 0.25) is 5.91 Å². The quantitative estimate of drug-likeness (QED) is 0.719. The number of morpholine rings is 1. The van der Waals surface area contributed by atoms with Crippen LogP contribution in [0, 0.1) is 0 Å². The van der Waals surface area contributed by atoms with Crippen molar-refractivity contribution >= 4 is 11.6 Å². The summed E-state index contributed by atoms with van der Waals surface area (Å²) in [6, 6.07) is 7.85. The highest BCUT2D eigenvalue weighted by Crippen LogP contribution is 2.38. The maximum absolute atomic E-state index is 14.8. The molecule has 3 aliphatic rings. The lowest BCUT2D eigenvalue weighted by Crippen LogP contribution is -2.57. The van der Waals surface area contributed by atoms with E-state index >= 15 is 0 Å². The Kier molecular flexibility index (Phi) is 7.38. The minimum absolute atomic E-state index is 0.0555. The molecule has 7 heteroatoms. The second-order valence-electron chi connectivity index (χ2n) is 9.12. The normalized spacial score (nSPS) is 25.1. The van der Waals surface area contributed by atoms with Gasteiger partial charge < -0.3 is 4.74 Å². The Morgan fingerprint density at radius 3 is 2.75 bits per heavy atom. The van der Waals surface area contributed by atoms with E-state index in [-0.39, 0.29) is 30.4 Å². The van der Waals surface area contributed by atoms with Crippen molar-refractivity contribution in [2.75, 3.05) is 37.9 Å². The van der Waals surface area contributed by atoms with Crippen molar-refractivity contribution in [3.05, 3.63) is 53.1 Å². The third-order valence-electron chi connectivity index (χ3n) is 6.70. The highest BCUT2D eigenvalue weighted by Gasteiger charge is 2.37. The Morgan fingerprint density at radius 1 is 1.16 bits per heavy atom. The minimum Gasteiger partial charge on any atom is -0.379 e. The van der Waals surface area contributed by atoms with Crippen LogP contribution in [0.25, 0.3) is 0 Å². The first kappa shape index (κ1) is 23.1. The number of carbonyl (C=O) groups is 1. The van der Waals surface area contributed by atoms with E-state index in [4.69, 9.17) is 4.74 Å². The summed E-state index contributed by atoms with van der Waals surface area (Å²) in [6.07, 6.45) is 4.79. The molecule has 0 radical (unpaired) electrons. The molecule has 1 atom stereocenters. The number of carbonyl (C=O) groups excluding carboxylic acids is 1. The summed E-state index contributed by atoms with van der Waals surface area (Å²) in [5.74, 6) is -0.662. The zero-order valence-corrected chi connectivity index (χ0v) is 18.8. The average molecular weight is 446 g/mol. The number of ether oxygens (including phenoxy) is 1. The van der Waals surface area contributed by atoms with E-state index in [1.807, 2.05) is 31.2 Å². The number of anilines is 1. The number of allylic oxidation sites excluding steroid dienone is 2. The van der Waals surface area contributed by atoms with Gasteiger partial charge in [-0.2, -0.15) is 0 Å². The number of fused-ring (bicyclic) bond motifs is 1. The maximum atomic E-state index is 14.8. The van der Waals surface area contributed by atoms with Crippen molar-refractivity contribution in [2.45, 2.75) is 57.4 Å². The van der Waals surface area contributed by atoms with E-state index < -0.39 is 5.54 Å². The van der Waals surface area contributed by atoms with Crippen molar-refractivity contribution in [3.63, 3.8) is 0 Å². The predicted octanol–water partition coefficient (Wildman–Crippen LogP) is 4.60. The van der Waals surface area contributed by atoms with Gasteiger partial charge in [0.25, 0.3) is 0 Å². The molecule has 32 heavy (non-hydrogen) atoms. The van der Waals surface area contributed by atoms with Crippen LogP contribution >= 0.6 is 0 Å². The van der Waals surface area contributed by atoms with Crippen molar-refractivity contribution in [1.29, 1.82) is 0 Å². The third-order valence-corrected chi connectivity index (χ3v) is 6.70. The van der Waals surface area contributed by atoms with E-state index in [1.54, 1.807) is 5.01 Å². The number of halogens is 2. The van der Waals surface area contributed by atoms with Gasteiger partial charge in [0.05, 0.1) is 24.4 Å². The third kappa shape index (κ3) is 5.27. The molecule has 1 fully saturated rings. The fourth-order valence-corrected chi connectivity index (χ4v) is 4.85. The number of nitrogens with zero attached hydrogens (tertiary/aromatic N) is 2. The Bertz CT molecular complexity index is 895. The highest BCUT2D eigenvalue weighted by molar-refractivity contribution is 5.93. The number of benzene rings is 1. The predicted molar refractivity (Wildman–Crippen MR) is 121 cm³/mol. The molecule has 2 aliphatic heterocycles. The molecule has 174 valence electrons. The molecule has 0 saturated carbocycles. The van der Waals surface area contributed by atoms with Crippen LogP contribution in [0.4, 0.5) is 14.5 Å². The molecule has 0 spiro atoms. The summed E-state index contributed by atoms with van der Waals surface area (Å²) < 4.78 is 34.3. The topological polar surface area (TPSA) is 44.8 Å². The van der Waals surface area contributed by atoms with Crippen LogP contribution < -0.4 is 10.4 Å². The zero-order chi connectivity index (χ0) is 22.6. The van der Waals surface area contributed by atoms with E-state index in [9.17, 15) is 13.6 Å². The molecule has 5 nitrogen and oxygen atoms in total. The van der Waals surface area contributed by atoms with Crippen LogP contribution in [0.3, 0.4) is 0 Å². The molecule has 2 heterocycles. The van der Waals surface area contributed by atoms with Gasteiger partial charge in [0.15, 0.2) is 0 Å². The monoisotopic (exact) mass is 445 g/mol. The number of para-hydroxylation sites is 1. The lowest BCUT2D eigenvalue weighted by molar-refractivity contribution is -0.119. The van der Waals surface area contributed by atoms with Crippen molar-refractivity contribution in [2.24, 2.45) is 0 Å². The van der Waals surface area contributed by atoms with Gasteiger partial charge >= 0.3 is 0 Å². The first-order chi connectivity index (χ1) is 15.5. The van der Waals surface area contributed by atoms with Gasteiger partial charge in [-0.15, -0.1) is 0 Å². The van der Waals surface area contributed by atoms with E-state index in [0.29, 0.717) is 18.4 Å². The van der Waals surface area contributed by atoms with Gasteiger partial charge in [0.1, 0.15) is 11.7 Å². The Morgan fingerprint density at radius 2 is 1.94 bits per heavy atom. The summed E-state index contributed by atoms with van der Waals surface area (Å²) >= 11 is 0. The van der Waals surface area contributed by atoms with Crippen LogP contribution in [0.2, 0.25) is 0 Å². The largest absolute Gasteiger partial charge is 0.379 e. The van der Waals surface area contributed by atoms with Gasteiger partial charge in [0, 0.05) is 37.9 Å². The fraction of sp³-hybridized carbons (Fsp3) is 0.560. The highest BCUT2D eigenvalue weighted by atomic mass is 19.1. The second kappa shape index (κ2) is 10.2. The SMILES string of the molecule is CC1(C2=C(F)CCC(F)=C2)CCCc2ccccc2N(C(=O)CCCN2CCOCC2)N1. The van der Waals surface area contributed by atoms with Crippen LogP contribution in [-0.2, 0) is 16.0 Å². The Balaban J connectivity index is 1.56. The summed E-state index contributed by atoms with van der Waals surface area (Å²) in [5, 5.41) is 1.59. The Hall–Kier alpha value is -2.09. The van der Waals surface area contributed by atoms with E-state index in [1.165, 1.54) is 6.08 Å². The van der Waals surface area contributed by atoms with Crippen LogP contribution in [0.5, 0.6) is 0 Å². The first-order valence-corrected chi connectivity index (χ1v) is 11.7. The molecule has 1 saturated heterocycles. The summed E-state index contributed by atoms with van der Waals surface area (Å²) in [7, 11) is 0. The smallest absolute Gasteiger partial charge is 0.241 e. The molecular weight excluding hydrogens is 412 g/mol. The zero-order valence-electron chi connectivity index (χ0n) is 18.8. The molecule has 4 rings (SSSR count). The number of hydrazine groups is 1. The molecule has 0 bridgehead atoms. The second-order valence-corrected chi connectivity index (χ2v) is 9.12. The van der Waals surface area contributed by atoms with Crippen molar-refractivity contribution < 1.29 is 18.3 Å². The molecule has 1 aromatic carbocycles. The van der Waals surface area contributed by atoms with Crippen LogP contribution in [-0.4, -0.2) is 49.2 Å². The molecule has 1 N–H and O–H groups in total. The molecule has 1 aromatic rings. The minimum atomic E-state index is -0.866. The number of amides is 1. The van der Waals surface area contributed by atoms with Crippen LogP contribution in [0.1, 0.15) is 51.0 Å². The maximum Gasteiger partial charge on any atom is 0.241 e. The number of hydrogen-bond donors (Lipinski definition) is 1. The van der Waals surface area contributed by atoms with Gasteiger partial charge in [-0.25, -0.2) is 19.2 Å². The lowest BCUT2D eigenvalue weighted by Gasteiger charge is -2.41. The number of rotatable bonds is 5. The summed E-state index contributed by atoms with van der Waals surface area (Å²) in [6.45, 7) is 5.97. The number of aryl methyl sites for hydroxylation is 1. The molecule has 1 amide bonds.